The fourth-order valence-electron chi connectivity index (χ4n) is 2.86. The van der Waals surface area contributed by atoms with E-state index in [1.165, 1.54) is 23.5 Å². The number of thioether (sulfide) groups is 2. The molecule has 0 aliphatic carbocycles. The largest absolute Gasteiger partial charge is 0.481 e. The van der Waals surface area contributed by atoms with Gasteiger partial charge in [-0.05, 0) is 49.2 Å². The molecule has 0 aromatic heterocycles. The second kappa shape index (κ2) is 17.4. The maximum Gasteiger partial charge on any atom is 0.326 e. The molecule has 5 unspecified atom stereocenters. The molecule has 0 radical (unpaired) electrons. The molecule has 0 spiro atoms. The first kappa shape index (κ1) is 32.0. The van der Waals surface area contributed by atoms with Gasteiger partial charge in [0.25, 0.3) is 0 Å². The number of carboxylic acid groups (broad SMARTS) is 2. The molecule has 0 rings (SSSR count). The van der Waals surface area contributed by atoms with Crippen molar-refractivity contribution in [1.29, 1.82) is 0 Å². The molecule has 0 aromatic carbocycles. The first-order chi connectivity index (χ1) is 16.0. The van der Waals surface area contributed by atoms with Crippen molar-refractivity contribution in [2.24, 2.45) is 11.7 Å². The van der Waals surface area contributed by atoms with Crippen molar-refractivity contribution in [1.82, 2.24) is 16.0 Å². The number of amides is 3. The molecule has 0 fully saturated rings. The van der Waals surface area contributed by atoms with Crippen LogP contribution in [-0.4, -0.2) is 88.1 Å². The Bertz CT molecular complexity index is 696. The summed E-state index contributed by atoms with van der Waals surface area (Å²) in [5, 5.41) is 25.9. The fourth-order valence-corrected chi connectivity index (χ4v) is 3.80. The summed E-state index contributed by atoms with van der Waals surface area (Å²) in [5.41, 5.74) is 5.97. The van der Waals surface area contributed by atoms with Crippen LogP contribution in [0.4, 0.5) is 0 Å². The molecule has 34 heavy (non-hydrogen) atoms. The van der Waals surface area contributed by atoms with Crippen molar-refractivity contribution in [3.63, 3.8) is 0 Å². The highest BCUT2D eigenvalue weighted by Crippen LogP contribution is 2.09. The van der Waals surface area contributed by atoms with Gasteiger partial charge in [-0.1, -0.05) is 20.3 Å². The molecule has 11 nitrogen and oxygen atoms in total. The molecule has 7 N–H and O–H groups in total. The normalized spacial score (nSPS) is 15.3. The Morgan fingerprint density at radius 1 is 0.794 bits per heavy atom. The zero-order chi connectivity index (χ0) is 26.3. The number of carboxylic acids is 2. The predicted molar refractivity (Wildman–Crippen MR) is 134 cm³/mol. The highest BCUT2D eigenvalue weighted by atomic mass is 32.2. The van der Waals surface area contributed by atoms with Crippen LogP contribution >= 0.6 is 23.5 Å². The van der Waals surface area contributed by atoms with Gasteiger partial charge >= 0.3 is 11.9 Å². The van der Waals surface area contributed by atoms with Crippen LogP contribution in [0, 0.1) is 5.92 Å². The quantitative estimate of drug-likeness (QED) is 0.146. The number of nitrogens with one attached hydrogen (secondary N) is 3. The summed E-state index contributed by atoms with van der Waals surface area (Å²) in [6.45, 7) is 3.72. The maximum atomic E-state index is 13.0. The van der Waals surface area contributed by atoms with Gasteiger partial charge in [-0.25, -0.2) is 4.79 Å². The summed E-state index contributed by atoms with van der Waals surface area (Å²) in [5.74, 6) is -3.43. The summed E-state index contributed by atoms with van der Waals surface area (Å²) >= 11 is 2.88. The van der Waals surface area contributed by atoms with E-state index in [9.17, 15) is 29.1 Å². The Labute approximate surface area is 209 Å². The van der Waals surface area contributed by atoms with Crippen LogP contribution in [0.15, 0.2) is 0 Å². The van der Waals surface area contributed by atoms with Crippen molar-refractivity contribution >= 4 is 53.2 Å². The third kappa shape index (κ3) is 12.5. The molecule has 0 heterocycles. The van der Waals surface area contributed by atoms with E-state index in [0.717, 1.165) is 0 Å². The molecule has 13 heteroatoms. The second-order valence-corrected chi connectivity index (χ2v) is 9.90. The summed E-state index contributed by atoms with van der Waals surface area (Å²) in [4.78, 5) is 60.8. The Hall–Kier alpha value is -1.99. The number of nitrogens with two attached hydrogens (primary N) is 1. The third-order valence-electron chi connectivity index (χ3n) is 5.31. The number of carbonyl (C=O) groups excluding carboxylic acids is 3. The zero-order valence-electron chi connectivity index (χ0n) is 20.2. The summed E-state index contributed by atoms with van der Waals surface area (Å²) in [7, 11) is 0. The van der Waals surface area contributed by atoms with E-state index in [-0.39, 0.29) is 25.2 Å². The molecule has 0 aliphatic rings. The van der Waals surface area contributed by atoms with Gasteiger partial charge < -0.3 is 31.9 Å². The molecular weight excluding hydrogens is 484 g/mol. The molecule has 0 bridgehead atoms. The molecule has 196 valence electrons. The van der Waals surface area contributed by atoms with E-state index < -0.39 is 60.2 Å². The van der Waals surface area contributed by atoms with Crippen molar-refractivity contribution in [2.45, 2.75) is 70.1 Å². The number of hydrogen-bond acceptors (Lipinski definition) is 8. The lowest BCUT2D eigenvalue weighted by Gasteiger charge is -2.26. The fraction of sp³-hybridized carbons (Fsp3) is 0.762. The van der Waals surface area contributed by atoms with Crippen LogP contribution in [0.1, 0.15) is 46.0 Å². The van der Waals surface area contributed by atoms with Crippen molar-refractivity contribution in [3.05, 3.63) is 0 Å². The summed E-state index contributed by atoms with van der Waals surface area (Å²) in [6.07, 6.45) is 4.10. The Morgan fingerprint density at radius 3 is 1.68 bits per heavy atom. The van der Waals surface area contributed by atoms with Crippen LogP contribution in [-0.2, 0) is 24.0 Å². The van der Waals surface area contributed by atoms with E-state index in [1.54, 1.807) is 6.26 Å². The number of aliphatic carboxylic acids is 2. The molecular formula is C21H38N4O7S2. The van der Waals surface area contributed by atoms with Gasteiger partial charge in [0.1, 0.15) is 18.1 Å². The summed E-state index contributed by atoms with van der Waals surface area (Å²) in [6, 6.07) is -4.25. The smallest absolute Gasteiger partial charge is 0.326 e. The Balaban J connectivity index is 5.52. The minimum absolute atomic E-state index is 0.104. The molecule has 0 aliphatic heterocycles. The lowest BCUT2D eigenvalue weighted by Crippen LogP contribution is -2.57. The van der Waals surface area contributed by atoms with Crippen LogP contribution in [0.2, 0.25) is 0 Å². The monoisotopic (exact) mass is 522 g/mol. The molecule has 0 saturated carbocycles. The van der Waals surface area contributed by atoms with Gasteiger partial charge in [-0.3, -0.25) is 19.2 Å². The number of rotatable bonds is 18. The Kier molecular flexibility index (Phi) is 16.4. The van der Waals surface area contributed by atoms with E-state index in [0.29, 0.717) is 17.9 Å². The highest BCUT2D eigenvalue weighted by Gasteiger charge is 2.31. The van der Waals surface area contributed by atoms with E-state index in [4.69, 9.17) is 10.8 Å². The third-order valence-corrected chi connectivity index (χ3v) is 6.60. The van der Waals surface area contributed by atoms with E-state index in [1.807, 2.05) is 20.1 Å². The van der Waals surface area contributed by atoms with Gasteiger partial charge in [-0.2, -0.15) is 23.5 Å². The first-order valence-electron chi connectivity index (χ1n) is 11.1. The minimum Gasteiger partial charge on any atom is -0.481 e. The van der Waals surface area contributed by atoms with Gasteiger partial charge in [0.15, 0.2) is 0 Å². The van der Waals surface area contributed by atoms with E-state index >= 15 is 0 Å². The average Bonchev–Trinajstić information content (AvgIpc) is 2.79. The van der Waals surface area contributed by atoms with Crippen molar-refractivity contribution in [2.75, 3.05) is 24.0 Å². The summed E-state index contributed by atoms with van der Waals surface area (Å²) < 4.78 is 0. The molecule has 0 aromatic rings. The van der Waals surface area contributed by atoms with Gasteiger partial charge in [0, 0.05) is 6.42 Å². The Morgan fingerprint density at radius 2 is 1.24 bits per heavy atom. The van der Waals surface area contributed by atoms with Crippen molar-refractivity contribution < 1.29 is 34.2 Å². The van der Waals surface area contributed by atoms with Gasteiger partial charge in [0.2, 0.25) is 17.7 Å². The maximum absolute atomic E-state index is 13.0. The highest BCUT2D eigenvalue weighted by molar-refractivity contribution is 7.98. The zero-order valence-corrected chi connectivity index (χ0v) is 21.8. The SMILES string of the molecule is CCC(C)C(N)C(=O)NC(CCSC)C(=O)NC(CCC(=O)O)C(=O)NC(CCSC)C(=O)O. The topological polar surface area (TPSA) is 188 Å². The first-order valence-corrected chi connectivity index (χ1v) is 13.9. The van der Waals surface area contributed by atoms with Crippen LogP contribution < -0.4 is 21.7 Å². The lowest BCUT2D eigenvalue weighted by molar-refractivity contribution is -0.143. The number of hydrogen-bond donors (Lipinski definition) is 6. The van der Waals surface area contributed by atoms with Crippen LogP contribution in [0.3, 0.4) is 0 Å². The molecule has 0 saturated heterocycles. The van der Waals surface area contributed by atoms with Gasteiger partial charge in [-0.15, -0.1) is 0 Å². The predicted octanol–water partition coefficient (Wildman–Crippen LogP) is 0.270. The second-order valence-electron chi connectivity index (χ2n) is 7.93. The number of carbonyl (C=O) groups is 5. The molecule has 3 amide bonds. The van der Waals surface area contributed by atoms with Crippen LogP contribution in [0.25, 0.3) is 0 Å². The van der Waals surface area contributed by atoms with Crippen molar-refractivity contribution in [3.8, 4) is 0 Å². The lowest BCUT2D eigenvalue weighted by atomic mass is 9.99. The van der Waals surface area contributed by atoms with E-state index in [2.05, 4.69) is 16.0 Å². The molecule has 5 atom stereocenters. The van der Waals surface area contributed by atoms with Gasteiger partial charge in [0.05, 0.1) is 6.04 Å². The minimum atomic E-state index is -1.28. The van der Waals surface area contributed by atoms with Crippen LogP contribution in [0.5, 0.6) is 0 Å². The standard InChI is InChI=1S/C21H38N4O7S2/c1-5-12(2)17(22)20(30)24-14(8-10-33-3)19(29)23-13(6-7-16(26)27)18(28)25-15(21(31)32)9-11-34-4/h12-15,17H,5-11,22H2,1-4H3,(H,23,29)(H,24,30)(H,25,28)(H,26,27)(H,31,32). The average molecular weight is 523 g/mol.